The normalized spacial score (nSPS) is 10.3. The van der Waals surface area contributed by atoms with E-state index in [1.54, 1.807) is 30.3 Å². The molecule has 5 heteroatoms. The van der Waals surface area contributed by atoms with Crippen LogP contribution in [-0.4, -0.2) is 34.9 Å². The first-order chi connectivity index (χ1) is 8.78. The zero-order chi connectivity index (χ0) is 14.9. The zero-order valence-corrected chi connectivity index (χ0v) is 13.4. The van der Waals surface area contributed by atoms with E-state index in [2.05, 4.69) is 19.2 Å². The first-order valence-corrected chi connectivity index (χ1v) is 6.42. The maximum Gasteiger partial charge on any atom is 0.335 e. The molecule has 4 nitrogen and oxygen atoms in total. The van der Waals surface area contributed by atoms with Gasteiger partial charge in [-0.15, -0.1) is 12.4 Å². The van der Waals surface area contributed by atoms with Gasteiger partial charge in [0.2, 0.25) is 0 Å². The van der Waals surface area contributed by atoms with E-state index in [1.807, 2.05) is 13.8 Å². The second kappa shape index (κ2) is 10.7. The number of aromatic carboxylic acids is 1. The van der Waals surface area contributed by atoms with Gasteiger partial charge in [-0.05, 0) is 38.4 Å². The summed E-state index contributed by atoms with van der Waals surface area (Å²) in [5.74, 6) is -0.235. The molecule has 0 radical (unpaired) electrons. The maximum absolute atomic E-state index is 10.2. The summed E-state index contributed by atoms with van der Waals surface area (Å²) >= 11 is 0. The van der Waals surface area contributed by atoms with Crippen LogP contribution in [0.15, 0.2) is 30.3 Å². The standard InChI is InChI=1S/C8H19NO.C7H6O2.ClH/c1-7(2)5-9-8(3,4)6-10;8-7(9)6-4-2-1-3-5-6;/h7,9-10H,5-6H2,1-4H3;1-5H,(H,8,9);1H. The van der Waals surface area contributed by atoms with Gasteiger partial charge in [-0.1, -0.05) is 32.0 Å². The number of carboxylic acids is 1. The molecular weight excluding hydrogens is 278 g/mol. The van der Waals surface area contributed by atoms with E-state index in [0.29, 0.717) is 11.5 Å². The van der Waals surface area contributed by atoms with Gasteiger partial charge >= 0.3 is 5.97 Å². The Balaban J connectivity index is 0. The molecule has 0 fully saturated rings. The fourth-order valence-corrected chi connectivity index (χ4v) is 1.12. The van der Waals surface area contributed by atoms with Crippen LogP contribution in [0, 0.1) is 5.92 Å². The third-order valence-electron chi connectivity index (χ3n) is 2.40. The Kier molecular flexibility index (Phi) is 11.3. The summed E-state index contributed by atoms with van der Waals surface area (Å²) in [4.78, 5) is 10.2. The lowest BCUT2D eigenvalue weighted by atomic mass is 10.1. The van der Waals surface area contributed by atoms with Gasteiger partial charge in [0.25, 0.3) is 0 Å². The largest absolute Gasteiger partial charge is 0.478 e. The van der Waals surface area contributed by atoms with Crippen molar-refractivity contribution in [1.29, 1.82) is 0 Å². The van der Waals surface area contributed by atoms with Crippen LogP contribution < -0.4 is 5.32 Å². The minimum atomic E-state index is -0.879. The van der Waals surface area contributed by atoms with E-state index >= 15 is 0 Å². The van der Waals surface area contributed by atoms with Crippen molar-refractivity contribution in [3.05, 3.63) is 35.9 Å². The van der Waals surface area contributed by atoms with Gasteiger partial charge in [-0.25, -0.2) is 4.79 Å². The van der Waals surface area contributed by atoms with Gasteiger partial charge in [-0.2, -0.15) is 0 Å². The highest BCUT2D eigenvalue weighted by Gasteiger charge is 2.14. The SMILES string of the molecule is CC(C)CNC(C)(C)CO.Cl.O=C(O)c1ccccc1. The Hall–Kier alpha value is -1.10. The van der Waals surface area contributed by atoms with Crippen LogP contribution in [0.4, 0.5) is 0 Å². The van der Waals surface area contributed by atoms with E-state index in [1.165, 1.54) is 0 Å². The smallest absolute Gasteiger partial charge is 0.335 e. The molecule has 3 N–H and O–H groups in total. The molecular formula is C15H26ClNO3. The van der Waals surface area contributed by atoms with Crippen LogP contribution in [0.5, 0.6) is 0 Å². The minimum Gasteiger partial charge on any atom is -0.478 e. The van der Waals surface area contributed by atoms with Gasteiger partial charge in [0.15, 0.2) is 0 Å². The van der Waals surface area contributed by atoms with Crippen molar-refractivity contribution in [2.75, 3.05) is 13.2 Å². The van der Waals surface area contributed by atoms with Crippen LogP contribution in [-0.2, 0) is 0 Å². The topological polar surface area (TPSA) is 69.6 Å². The van der Waals surface area contributed by atoms with E-state index < -0.39 is 5.97 Å². The van der Waals surface area contributed by atoms with Crippen LogP contribution in [0.2, 0.25) is 0 Å². The monoisotopic (exact) mass is 303 g/mol. The molecule has 0 bridgehead atoms. The first kappa shape index (κ1) is 21.2. The summed E-state index contributed by atoms with van der Waals surface area (Å²) in [6.07, 6.45) is 0. The molecule has 0 aliphatic carbocycles. The number of hydrogen-bond acceptors (Lipinski definition) is 3. The lowest BCUT2D eigenvalue weighted by Crippen LogP contribution is -2.44. The number of rotatable bonds is 5. The Morgan fingerprint density at radius 3 is 2.05 bits per heavy atom. The van der Waals surface area contributed by atoms with Gasteiger partial charge in [0.05, 0.1) is 12.2 Å². The summed E-state index contributed by atoms with van der Waals surface area (Å²) < 4.78 is 0. The van der Waals surface area contributed by atoms with Crippen LogP contribution in [0.1, 0.15) is 38.1 Å². The number of hydrogen-bond donors (Lipinski definition) is 3. The van der Waals surface area contributed by atoms with Gasteiger partial charge in [-0.3, -0.25) is 0 Å². The molecule has 0 saturated heterocycles. The van der Waals surface area contributed by atoms with Crippen molar-refractivity contribution in [1.82, 2.24) is 5.32 Å². The van der Waals surface area contributed by atoms with E-state index in [-0.39, 0.29) is 24.6 Å². The predicted octanol–water partition coefficient (Wildman–Crippen LogP) is 2.81. The Morgan fingerprint density at radius 1 is 1.25 bits per heavy atom. The highest BCUT2D eigenvalue weighted by atomic mass is 35.5. The van der Waals surface area contributed by atoms with Crippen molar-refractivity contribution in [2.24, 2.45) is 5.92 Å². The number of aliphatic hydroxyl groups is 1. The Morgan fingerprint density at radius 2 is 1.75 bits per heavy atom. The quantitative estimate of drug-likeness (QED) is 0.782. The van der Waals surface area contributed by atoms with Gasteiger partial charge in [0, 0.05) is 5.54 Å². The Bertz CT molecular complexity index is 367. The van der Waals surface area contributed by atoms with Crippen molar-refractivity contribution in [2.45, 2.75) is 33.2 Å². The highest BCUT2D eigenvalue weighted by molar-refractivity contribution is 5.87. The van der Waals surface area contributed by atoms with Crippen molar-refractivity contribution < 1.29 is 15.0 Å². The second-order valence-corrected chi connectivity index (χ2v) is 5.49. The van der Waals surface area contributed by atoms with Crippen molar-refractivity contribution in [3.8, 4) is 0 Å². The third kappa shape index (κ3) is 10.8. The molecule has 0 spiro atoms. The number of aliphatic hydroxyl groups excluding tert-OH is 1. The fraction of sp³-hybridized carbons (Fsp3) is 0.533. The first-order valence-electron chi connectivity index (χ1n) is 6.42. The molecule has 1 aromatic rings. The van der Waals surface area contributed by atoms with Gasteiger partial charge < -0.3 is 15.5 Å². The van der Waals surface area contributed by atoms with Crippen LogP contribution >= 0.6 is 12.4 Å². The lowest BCUT2D eigenvalue weighted by Gasteiger charge is -2.24. The average molecular weight is 304 g/mol. The molecule has 1 rings (SSSR count). The molecule has 0 aliphatic rings. The average Bonchev–Trinajstić information content (AvgIpc) is 2.38. The van der Waals surface area contributed by atoms with Crippen LogP contribution in [0.3, 0.4) is 0 Å². The second-order valence-electron chi connectivity index (χ2n) is 5.49. The molecule has 1 aromatic carbocycles. The number of carboxylic acid groups (broad SMARTS) is 1. The lowest BCUT2D eigenvalue weighted by molar-refractivity contribution is 0.0697. The number of nitrogens with one attached hydrogen (secondary N) is 1. The zero-order valence-electron chi connectivity index (χ0n) is 12.6. The van der Waals surface area contributed by atoms with E-state index in [0.717, 1.165) is 6.54 Å². The molecule has 0 aromatic heterocycles. The predicted molar refractivity (Wildman–Crippen MR) is 84.7 cm³/mol. The number of benzene rings is 1. The number of carbonyl (C=O) groups is 1. The minimum absolute atomic E-state index is 0. The summed E-state index contributed by atoms with van der Waals surface area (Å²) in [6, 6.07) is 8.30. The molecule has 0 amide bonds. The van der Waals surface area contributed by atoms with Gasteiger partial charge in [0.1, 0.15) is 0 Å². The van der Waals surface area contributed by atoms with E-state index in [4.69, 9.17) is 10.2 Å². The van der Waals surface area contributed by atoms with Crippen molar-refractivity contribution in [3.63, 3.8) is 0 Å². The summed E-state index contributed by atoms with van der Waals surface area (Å²) in [5, 5.41) is 20.5. The molecule has 20 heavy (non-hydrogen) atoms. The maximum atomic E-state index is 10.2. The highest BCUT2D eigenvalue weighted by Crippen LogP contribution is 2.00. The molecule has 0 unspecified atom stereocenters. The fourth-order valence-electron chi connectivity index (χ4n) is 1.12. The summed E-state index contributed by atoms with van der Waals surface area (Å²) in [6.45, 7) is 9.46. The van der Waals surface area contributed by atoms with Crippen LogP contribution in [0.25, 0.3) is 0 Å². The third-order valence-corrected chi connectivity index (χ3v) is 2.40. The molecule has 0 heterocycles. The molecule has 0 saturated carbocycles. The Labute approximate surface area is 127 Å². The summed E-state index contributed by atoms with van der Waals surface area (Å²) in [7, 11) is 0. The number of halogens is 1. The molecule has 0 atom stereocenters. The molecule has 116 valence electrons. The van der Waals surface area contributed by atoms with Crippen molar-refractivity contribution >= 4 is 18.4 Å². The summed E-state index contributed by atoms with van der Waals surface area (Å²) in [5.41, 5.74) is 0.210. The molecule has 0 aliphatic heterocycles. The van der Waals surface area contributed by atoms with E-state index in [9.17, 15) is 4.79 Å².